The van der Waals surface area contributed by atoms with Crippen molar-refractivity contribution in [2.75, 3.05) is 13.1 Å². The molecule has 1 aromatic carbocycles. The summed E-state index contributed by atoms with van der Waals surface area (Å²) in [5, 5.41) is 11.1. The number of benzene rings is 1. The predicted molar refractivity (Wildman–Crippen MR) is 102 cm³/mol. The fraction of sp³-hybridized carbons (Fsp3) is 0.400. The smallest absolute Gasteiger partial charge is 0.223 e. The molecule has 0 saturated carbocycles. The molecule has 0 amide bonds. The van der Waals surface area contributed by atoms with Crippen LogP contribution in [-0.2, 0) is 13.0 Å². The minimum Gasteiger partial charge on any atom is -0.357 e. The largest absolute Gasteiger partial charge is 0.357 e. The summed E-state index contributed by atoms with van der Waals surface area (Å²) in [4.78, 5) is 8.55. The summed E-state index contributed by atoms with van der Waals surface area (Å²) in [5.41, 5.74) is 1.11. The fourth-order valence-electron chi connectivity index (χ4n) is 1.91. The minimum absolute atomic E-state index is 0. The summed E-state index contributed by atoms with van der Waals surface area (Å²) in [6, 6.07) is 7.84. The summed E-state index contributed by atoms with van der Waals surface area (Å²) in [5.74, 6) is 1.83. The van der Waals surface area contributed by atoms with Crippen LogP contribution in [0.25, 0.3) is 0 Å². The number of aryl methyl sites for hydroxylation is 1. The zero-order valence-electron chi connectivity index (χ0n) is 13.2. The van der Waals surface area contributed by atoms with E-state index in [0.717, 1.165) is 36.1 Å². The summed E-state index contributed by atoms with van der Waals surface area (Å²) in [6.45, 7) is 5.67. The first-order chi connectivity index (χ1) is 10.7. The van der Waals surface area contributed by atoms with Gasteiger partial charge in [-0.05, 0) is 25.0 Å². The monoisotopic (exact) mass is 449 g/mol. The molecule has 6 nitrogen and oxygen atoms in total. The lowest BCUT2D eigenvalue weighted by Crippen LogP contribution is -2.38. The van der Waals surface area contributed by atoms with Gasteiger partial charge in [0.1, 0.15) is 6.54 Å². The number of nitrogens with zero attached hydrogens (tertiary/aromatic N) is 3. The molecule has 0 unspecified atom stereocenters. The Kier molecular flexibility index (Phi) is 8.93. The standard InChI is InChI=1S/C15H20ClN5O.HI/c1-3-17-15(19-10-14-20-11(2)22-21-14)18-9-8-12-6-4-5-7-13(12)16;/h4-7H,3,8-10H2,1-2H3,(H2,17,18,19);1H. The van der Waals surface area contributed by atoms with Crippen molar-refractivity contribution in [3.63, 3.8) is 0 Å². The Morgan fingerprint density at radius 1 is 1.30 bits per heavy atom. The highest BCUT2D eigenvalue weighted by molar-refractivity contribution is 14.0. The molecular formula is C15H21ClIN5O. The van der Waals surface area contributed by atoms with Crippen LogP contribution in [0.4, 0.5) is 0 Å². The molecule has 0 aliphatic heterocycles. The van der Waals surface area contributed by atoms with Gasteiger partial charge >= 0.3 is 0 Å². The van der Waals surface area contributed by atoms with Crippen molar-refractivity contribution in [2.45, 2.75) is 26.8 Å². The molecule has 0 bridgehead atoms. The van der Waals surface area contributed by atoms with Crippen LogP contribution in [0.15, 0.2) is 33.8 Å². The molecule has 2 aromatic rings. The number of hydrogen-bond donors (Lipinski definition) is 2. The van der Waals surface area contributed by atoms with Crippen LogP contribution >= 0.6 is 35.6 Å². The van der Waals surface area contributed by atoms with Crippen LogP contribution in [0.5, 0.6) is 0 Å². The lowest BCUT2D eigenvalue weighted by atomic mass is 10.1. The Bertz CT molecular complexity index is 632. The molecule has 1 aromatic heterocycles. The van der Waals surface area contributed by atoms with Crippen molar-refractivity contribution >= 4 is 41.5 Å². The van der Waals surface area contributed by atoms with E-state index in [4.69, 9.17) is 16.1 Å². The van der Waals surface area contributed by atoms with Crippen molar-refractivity contribution in [1.29, 1.82) is 0 Å². The zero-order chi connectivity index (χ0) is 15.8. The molecule has 0 aliphatic rings. The molecule has 0 atom stereocenters. The van der Waals surface area contributed by atoms with Gasteiger partial charge in [-0.3, -0.25) is 0 Å². The summed E-state index contributed by atoms with van der Waals surface area (Å²) < 4.78 is 4.92. The third-order valence-corrected chi connectivity index (χ3v) is 3.31. The van der Waals surface area contributed by atoms with Gasteiger partial charge in [0, 0.05) is 25.0 Å². The molecule has 0 aliphatic carbocycles. The first kappa shape index (κ1) is 19.7. The van der Waals surface area contributed by atoms with Gasteiger partial charge in [-0.2, -0.15) is 4.98 Å². The van der Waals surface area contributed by atoms with E-state index >= 15 is 0 Å². The average Bonchev–Trinajstić information content (AvgIpc) is 2.92. The topological polar surface area (TPSA) is 75.3 Å². The van der Waals surface area contributed by atoms with E-state index < -0.39 is 0 Å². The van der Waals surface area contributed by atoms with E-state index in [1.165, 1.54) is 0 Å². The number of guanidine groups is 1. The third kappa shape index (κ3) is 6.74. The molecule has 0 saturated heterocycles. The molecule has 0 fully saturated rings. The summed E-state index contributed by atoms with van der Waals surface area (Å²) in [6.07, 6.45) is 0.825. The molecule has 0 spiro atoms. The second-order valence-electron chi connectivity index (χ2n) is 4.69. The van der Waals surface area contributed by atoms with Crippen molar-refractivity contribution in [1.82, 2.24) is 20.8 Å². The van der Waals surface area contributed by atoms with Gasteiger partial charge in [-0.25, -0.2) is 4.99 Å². The lowest BCUT2D eigenvalue weighted by Gasteiger charge is -2.11. The molecule has 8 heteroatoms. The van der Waals surface area contributed by atoms with Crippen molar-refractivity contribution < 1.29 is 4.52 Å². The predicted octanol–water partition coefficient (Wildman–Crippen LogP) is 2.95. The number of nitrogens with one attached hydrogen (secondary N) is 2. The maximum Gasteiger partial charge on any atom is 0.223 e. The Morgan fingerprint density at radius 2 is 2.09 bits per heavy atom. The van der Waals surface area contributed by atoms with Crippen LogP contribution < -0.4 is 10.6 Å². The van der Waals surface area contributed by atoms with E-state index in [1.54, 1.807) is 6.92 Å². The fourth-order valence-corrected chi connectivity index (χ4v) is 2.14. The average molecular weight is 450 g/mol. The van der Waals surface area contributed by atoms with Gasteiger partial charge in [0.25, 0.3) is 0 Å². The van der Waals surface area contributed by atoms with E-state index in [2.05, 4.69) is 25.8 Å². The Morgan fingerprint density at radius 3 is 2.74 bits per heavy atom. The van der Waals surface area contributed by atoms with Crippen LogP contribution in [0, 0.1) is 6.92 Å². The highest BCUT2D eigenvalue weighted by atomic mass is 127. The number of aliphatic imine (C=N–C) groups is 1. The number of hydrogen-bond acceptors (Lipinski definition) is 4. The third-order valence-electron chi connectivity index (χ3n) is 2.94. The Labute approximate surface area is 158 Å². The highest BCUT2D eigenvalue weighted by Gasteiger charge is 2.03. The normalized spacial score (nSPS) is 11.0. The van der Waals surface area contributed by atoms with Crippen molar-refractivity contribution in [3.05, 3.63) is 46.6 Å². The van der Waals surface area contributed by atoms with Crippen molar-refractivity contribution in [2.24, 2.45) is 4.99 Å². The molecule has 126 valence electrons. The minimum atomic E-state index is 0. The molecule has 2 N–H and O–H groups in total. The number of aromatic nitrogens is 2. The van der Waals surface area contributed by atoms with Crippen LogP contribution in [0.3, 0.4) is 0 Å². The second kappa shape index (κ2) is 10.4. The van der Waals surface area contributed by atoms with Crippen LogP contribution in [0.1, 0.15) is 24.2 Å². The SMILES string of the molecule is CCNC(=NCc1noc(C)n1)NCCc1ccccc1Cl.I. The van der Waals surface area contributed by atoms with E-state index in [1.807, 2.05) is 31.2 Å². The second-order valence-corrected chi connectivity index (χ2v) is 5.10. The van der Waals surface area contributed by atoms with Gasteiger partial charge in [0.2, 0.25) is 5.89 Å². The molecule has 23 heavy (non-hydrogen) atoms. The van der Waals surface area contributed by atoms with E-state index in [0.29, 0.717) is 18.3 Å². The molecule has 0 radical (unpaired) electrons. The zero-order valence-corrected chi connectivity index (χ0v) is 16.3. The Hall–Kier alpha value is -1.35. The van der Waals surface area contributed by atoms with Crippen molar-refractivity contribution in [3.8, 4) is 0 Å². The Balaban J connectivity index is 0.00000264. The maximum absolute atomic E-state index is 6.14. The summed E-state index contributed by atoms with van der Waals surface area (Å²) >= 11 is 6.14. The summed E-state index contributed by atoms with van der Waals surface area (Å²) in [7, 11) is 0. The number of halogens is 2. The van der Waals surface area contributed by atoms with Crippen LogP contribution in [0.2, 0.25) is 5.02 Å². The maximum atomic E-state index is 6.14. The van der Waals surface area contributed by atoms with Gasteiger partial charge in [-0.1, -0.05) is 35.0 Å². The molecule has 1 heterocycles. The van der Waals surface area contributed by atoms with Gasteiger partial charge in [-0.15, -0.1) is 24.0 Å². The first-order valence-corrected chi connectivity index (χ1v) is 7.61. The highest BCUT2D eigenvalue weighted by Crippen LogP contribution is 2.14. The first-order valence-electron chi connectivity index (χ1n) is 7.24. The molecule has 2 rings (SSSR count). The lowest BCUT2D eigenvalue weighted by molar-refractivity contribution is 0.387. The molecular weight excluding hydrogens is 429 g/mol. The number of rotatable bonds is 6. The van der Waals surface area contributed by atoms with Crippen LogP contribution in [-0.4, -0.2) is 29.2 Å². The van der Waals surface area contributed by atoms with Gasteiger partial charge in [0.15, 0.2) is 11.8 Å². The quantitative estimate of drug-likeness (QED) is 0.403. The van der Waals surface area contributed by atoms with Gasteiger partial charge in [0.05, 0.1) is 0 Å². The van der Waals surface area contributed by atoms with E-state index in [9.17, 15) is 0 Å². The van der Waals surface area contributed by atoms with E-state index in [-0.39, 0.29) is 24.0 Å². The van der Waals surface area contributed by atoms with Gasteiger partial charge < -0.3 is 15.2 Å².